The van der Waals surface area contributed by atoms with Crippen LogP contribution in [0.2, 0.25) is 0 Å². The Morgan fingerprint density at radius 3 is 2.59 bits per heavy atom. The molecule has 0 radical (unpaired) electrons. The van der Waals surface area contributed by atoms with Crippen molar-refractivity contribution in [1.29, 1.82) is 0 Å². The predicted molar refractivity (Wildman–Crippen MR) is 78.7 cm³/mol. The molecule has 0 spiro atoms. The quantitative estimate of drug-likeness (QED) is 0.355. The summed E-state index contributed by atoms with van der Waals surface area (Å²) in [5.41, 5.74) is -0.500. The monoisotopic (exact) mass is 369 g/mol. The fourth-order valence-corrected chi connectivity index (χ4v) is 2.15. The van der Waals surface area contributed by atoms with Gasteiger partial charge in [-0.3, -0.25) is 10.1 Å². The zero-order valence-electron chi connectivity index (χ0n) is 11.2. The second kappa shape index (κ2) is 6.52. The number of esters is 1. The van der Waals surface area contributed by atoms with Crippen molar-refractivity contribution >= 4 is 27.6 Å². The summed E-state index contributed by atoms with van der Waals surface area (Å²) < 4.78 is 23.5. The highest BCUT2D eigenvalue weighted by atomic mass is 79.9. The molecule has 0 saturated heterocycles. The number of hydrogen-bond acceptors (Lipinski definition) is 5. The van der Waals surface area contributed by atoms with E-state index >= 15 is 0 Å². The third kappa shape index (κ3) is 3.59. The molecule has 0 unspecified atom stereocenters. The Kier molecular flexibility index (Phi) is 4.71. The Bertz CT molecular complexity index is 730. The Morgan fingerprint density at radius 1 is 1.27 bits per heavy atom. The molecule has 22 heavy (non-hydrogen) atoms. The van der Waals surface area contributed by atoms with E-state index in [1.807, 2.05) is 0 Å². The first-order valence-corrected chi connectivity index (χ1v) is 6.70. The van der Waals surface area contributed by atoms with Crippen LogP contribution in [0.4, 0.5) is 10.1 Å². The van der Waals surface area contributed by atoms with Gasteiger partial charge >= 0.3 is 11.7 Å². The lowest BCUT2D eigenvalue weighted by Gasteiger charge is -2.07. The number of halogens is 2. The maximum atomic E-state index is 13.3. The number of nitro groups is 1. The highest BCUT2D eigenvalue weighted by Crippen LogP contribution is 2.31. The number of nitro benzene ring substituents is 1. The fourth-order valence-electron chi connectivity index (χ4n) is 1.68. The van der Waals surface area contributed by atoms with Crippen LogP contribution in [-0.2, 0) is 0 Å². The van der Waals surface area contributed by atoms with Crippen molar-refractivity contribution in [3.63, 3.8) is 0 Å². The molecule has 2 aromatic carbocycles. The molecule has 0 bridgehead atoms. The molecule has 8 heteroatoms. The third-order valence-electron chi connectivity index (χ3n) is 2.66. The van der Waals surface area contributed by atoms with Crippen LogP contribution in [0.1, 0.15) is 10.4 Å². The van der Waals surface area contributed by atoms with Gasteiger partial charge in [-0.2, -0.15) is 0 Å². The molecule has 2 rings (SSSR count). The van der Waals surface area contributed by atoms with E-state index in [-0.39, 0.29) is 17.1 Å². The van der Waals surface area contributed by atoms with Gasteiger partial charge in [-0.25, -0.2) is 9.18 Å². The van der Waals surface area contributed by atoms with E-state index in [9.17, 15) is 19.3 Å². The number of carbonyl (C=O) groups is 1. The summed E-state index contributed by atoms with van der Waals surface area (Å²) in [6.45, 7) is 0. The molecule has 2 aromatic rings. The van der Waals surface area contributed by atoms with E-state index in [1.54, 1.807) is 0 Å². The van der Waals surface area contributed by atoms with Crippen LogP contribution < -0.4 is 9.47 Å². The van der Waals surface area contributed by atoms with Crippen LogP contribution >= 0.6 is 15.9 Å². The van der Waals surface area contributed by atoms with Crippen molar-refractivity contribution in [3.8, 4) is 11.5 Å². The molecule has 0 amide bonds. The smallest absolute Gasteiger partial charge is 0.343 e. The van der Waals surface area contributed by atoms with Crippen molar-refractivity contribution in [2.75, 3.05) is 7.11 Å². The third-order valence-corrected chi connectivity index (χ3v) is 3.12. The van der Waals surface area contributed by atoms with Gasteiger partial charge in [-0.15, -0.1) is 0 Å². The lowest BCUT2D eigenvalue weighted by molar-refractivity contribution is -0.385. The Labute approximate surface area is 132 Å². The van der Waals surface area contributed by atoms with Gasteiger partial charge in [-0.05, 0) is 30.3 Å². The van der Waals surface area contributed by atoms with E-state index in [0.717, 1.165) is 12.1 Å². The zero-order valence-corrected chi connectivity index (χ0v) is 12.8. The average molecular weight is 370 g/mol. The molecule has 0 aliphatic rings. The minimum atomic E-state index is -0.909. The number of carbonyl (C=O) groups excluding carboxylic acids is 1. The fraction of sp³-hybridized carbons (Fsp3) is 0.0714. The van der Waals surface area contributed by atoms with E-state index in [4.69, 9.17) is 9.47 Å². The average Bonchev–Trinajstić information content (AvgIpc) is 2.46. The summed E-state index contributed by atoms with van der Waals surface area (Å²) in [7, 11) is 1.36. The molecule has 6 nitrogen and oxygen atoms in total. The summed E-state index contributed by atoms with van der Waals surface area (Å²) >= 11 is 3.05. The molecule has 0 atom stereocenters. The first kappa shape index (κ1) is 15.9. The van der Waals surface area contributed by atoms with E-state index in [0.29, 0.717) is 4.47 Å². The maximum absolute atomic E-state index is 13.3. The molecule has 0 aliphatic carbocycles. The highest BCUT2D eigenvalue weighted by molar-refractivity contribution is 9.10. The van der Waals surface area contributed by atoms with E-state index < -0.39 is 22.4 Å². The lowest BCUT2D eigenvalue weighted by Crippen LogP contribution is -2.10. The normalized spacial score (nSPS) is 10.1. The summed E-state index contributed by atoms with van der Waals surface area (Å²) in [6, 6.07) is 7.28. The molecular formula is C14H9BrFNO5. The highest BCUT2D eigenvalue weighted by Gasteiger charge is 2.20. The minimum absolute atomic E-state index is 0.0722. The topological polar surface area (TPSA) is 78.7 Å². The van der Waals surface area contributed by atoms with Crippen LogP contribution in [-0.4, -0.2) is 18.0 Å². The van der Waals surface area contributed by atoms with Gasteiger partial charge in [0.25, 0.3) is 0 Å². The first-order valence-electron chi connectivity index (χ1n) is 5.91. The molecule has 0 aromatic heterocycles. The Hall–Kier alpha value is -2.48. The van der Waals surface area contributed by atoms with Crippen LogP contribution in [0.25, 0.3) is 0 Å². The SMILES string of the molecule is COc1ccc(OC(=O)c2cc(F)cc(Br)c2)c([N+](=O)[O-])c1. The second-order valence-electron chi connectivity index (χ2n) is 4.14. The molecule has 114 valence electrons. The summed E-state index contributed by atoms with van der Waals surface area (Å²) in [5.74, 6) is -1.55. The predicted octanol–water partition coefficient (Wildman–Crippen LogP) is 3.72. The number of rotatable bonds is 4. The largest absolute Gasteiger partial charge is 0.496 e. The van der Waals surface area contributed by atoms with Gasteiger partial charge in [0.15, 0.2) is 0 Å². The molecule has 0 saturated carbocycles. The Morgan fingerprint density at radius 2 is 2.00 bits per heavy atom. The molecule has 0 N–H and O–H groups in total. The summed E-state index contributed by atoms with van der Waals surface area (Å²) in [4.78, 5) is 22.3. The van der Waals surface area contributed by atoms with E-state index in [1.165, 1.54) is 31.4 Å². The standard InChI is InChI=1S/C14H9BrFNO5/c1-21-11-2-3-13(12(7-11)17(19)20)22-14(18)8-4-9(15)6-10(16)5-8/h2-7H,1H3. The van der Waals surface area contributed by atoms with Gasteiger partial charge in [0.2, 0.25) is 5.75 Å². The molecule has 0 aliphatic heterocycles. The second-order valence-corrected chi connectivity index (χ2v) is 5.05. The van der Waals surface area contributed by atoms with Crippen molar-refractivity contribution in [3.05, 3.63) is 62.4 Å². The number of nitrogens with zero attached hydrogens (tertiary/aromatic N) is 1. The molecule has 0 heterocycles. The van der Waals surface area contributed by atoms with Crippen LogP contribution in [0.5, 0.6) is 11.5 Å². The van der Waals surface area contributed by atoms with Gasteiger partial charge in [0, 0.05) is 4.47 Å². The van der Waals surface area contributed by atoms with Gasteiger partial charge in [-0.1, -0.05) is 15.9 Å². The molecular weight excluding hydrogens is 361 g/mol. The van der Waals surface area contributed by atoms with E-state index in [2.05, 4.69) is 15.9 Å². The summed E-state index contributed by atoms with van der Waals surface area (Å²) in [6.07, 6.45) is 0. The van der Waals surface area contributed by atoms with Crippen LogP contribution in [0.15, 0.2) is 40.9 Å². The van der Waals surface area contributed by atoms with Gasteiger partial charge in [0.05, 0.1) is 23.7 Å². The molecule has 0 fully saturated rings. The minimum Gasteiger partial charge on any atom is -0.496 e. The van der Waals surface area contributed by atoms with Crippen molar-refractivity contribution < 1.29 is 23.6 Å². The van der Waals surface area contributed by atoms with Gasteiger partial charge in [0.1, 0.15) is 11.6 Å². The zero-order chi connectivity index (χ0) is 16.3. The van der Waals surface area contributed by atoms with Crippen molar-refractivity contribution in [2.24, 2.45) is 0 Å². The number of benzene rings is 2. The maximum Gasteiger partial charge on any atom is 0.343 e. The Balaban J connectivity index is 2.33. The number of ether oxygens (including phenoxy) is 2. The van der Waals surface area contributed by atoms with Crippen LogP contribution in [0, 0.1) is 15.9 Å². The lowest BCUT2D eigenvalue weighted by atomic mass is 10.2. The first-order chi connectivity index (χ1) is 10.4. The van der Waals surface area contributed by atoms with Crippen molar-refractivity contribution in [2.45, 2.75) is 0 Å². The van der Waals surface area contributed by atoms with Crippen LogP contribution in [0.3, 0.4) is 0 Å². The van der Waals surface area contributed by atoms with Gasteiger partial charge < -0.3 is 9.47 Å². The van der Waals surface area contributed by atoms with Crippen molar-refractivity contribution in [1.82, 2.24) is 0 Å². The number of hydrogen-bond donors (Lipinski definition) is 0. The number of methoxy groups -OCH3 is 1. The summed E-state index contributed by atoms with van der Waals surface area (Å²) in [5, 5.41) is 11.0.